The molecule has 5 heteroatoms. The molecule has 0 amide bonds. The van der Waals surface area contributed by atoms with Crippen LogP contribution in [0.1, 0.15) is 26.5 Å². The molecule has 0 spiro atoms. The molecule has 4 nitrogen and oxygen atoms in total. The van der Waals surface area contributed by atoms with Crippen molar-refractivity contribution in [1.29, 1.82) is 0 Å². The lowest BCUT2D eigenvalue weighted by Crippen LogP contribution is -2.56. The van der Waals surface area contributed by atoms with E-state index in [9.17, 15) is 0 Å². The van der Waals surface area contributed by atoms with Gasteiger partial charge in [0.15, 0.2) is 0 Å². The Morgan fingerprint density at radius 3 is 2.56 bits per heavy atom. The molecule has 0 saturated carbocycles. The standard InChI is InChI=1S/C11H17N3OS/c1-10(2,3)16-14-11(7-15-8-11)9-6-12-4-5-13-9/h4-6,14H,7-8H2,1-3H3. The number of nitrogens with zero attached hydrogens (tertiary/aromatic N) is 2. The van der Waals surface area contributed by atoms with Gasteiger partial charge in [-0.1, -0.05) is 11.9 Å². The molecule has 1 aromatic rings. The molecule has 1 N–H and O–H groups in total. The van der Waals surface area contributed by atoms with Crippen molar-refractivity contribution in [3.05, 3.63) is 24.3 Å². The summed E-state index contributed by atoms with van der Waals surface area (Å²) in [7, 11) is 0. The Morgan fingerprint density at radius 1 is 1.38 bits per heavy atom. The highest BCUT2D eigenvalue weighted by atomic mass is 32.2. The molecule has 16 heavy (non-hydrogen) atoms. The molecule has 0 radical (unpaired) electrons. The highest BCUT2D eigenvalue weighted by Gasteiger charge is 2.42. The maximum atomic E-state index is 5.31. The first-order chi connectivity index (χ1) is 7.52. The average molecular weight is 239 g/mol. The van der Waals surface area contributed by atoms with Crippen molar-refractivity contribution in [2.75, 3.05) is 13.2 Å². The molecule has 1 fully saturated rings. The van der Waals surface area contributed by atoms with Crippen LogP contribution in [0, 0.1) is 0 Å². The molecule has 1 aliphatic heterocycles. The summed E-state index contributed by atoms with van der Waals surface area (Å²) in [6.45, 7) is 7.85. The summed E-state index contributed by atoms with van der Waals surface area (Å²) in [4.78, 5) is 8.46. The zero-order valence-electron chi connectivity index (χ0n) is 9.86. The smallest absolute Gasteiger partial charge is 0.118 e. The van der Waals surface area contributed by atoms with Crippen LogP contribution >= 0.6 is 11.9 Å². The molecule has 2 heterocycles. The number of hydrogen-bond donors (Lipinski definition) is 1. The molecule has 2 rings (SSSR count). The summed E-state index contributed by atoms with van der Waals surface area (Å²) in [5.74, 6) is 0. The van der Waals surface area contributed by atoms with E-state index in [-0.39, 0.29) is 10.3 Å². The molecule has 1 saturated heterocycles. The lowest BCUT2D eigenvalue weighted by Gasteiger charge is -2.42. The molecule has 1 aromatic heterocycles. The summed E-state index contributed by atoms with van der Waals surface area (Å²) >= 11 is 1.71. The monoisotopic (exact) mass is 239 g/mol. The highest BCUT2D eigenvalue weighted by molar-refractivity contribution is 7.98. The van der Waals surface area contributed by atoms with Gasteiger partial charge in [-0.15, -0.1) is 0 Å². The minimum absolute atomic E-state index is 0.161. The van der Waals surface area contributed by atoms with E-state index in [0.29, 0.717) is 13.2 Å². The third-order valence-corrected chi connectivity index (χ3v) is 3.41. The van der Waals surface area contributed by atoms with Crippen molar-refractivity contribution in [2.24, 2.45) is 0 Å². The van der Waals surface area contributed by atoms with E-state index >= 15 is 0 Å². The summed E-state index contributed by atoms with van der Waals surface area (Å²) in [6.07, 6.45) is 5.21. The topological polar surface area (TPSA) is 47.0 Å². The molecular formula is C11H17N3OS. The van der Waals surface area contributed by atoms with Gasteiger partial charge in [-0.25, -0.2) is 4.72 Å². The van der Waals surface area contributed by atoms with Crippen LogP contribution < -0.4 is 4.72 Å². The van der Waals surface area contributed by atoms with Crippen molar-refractivity contribution in [2.45, 2.75) is 31.1 Å². The van der Waals surface area contributed by atoms with Crippen molar-refractivity contribution < 1.29 is 4.74 Å². The molecule has 0 bridgehead atoms. The maximum Gasteiger partial charge on any atom is 0.118 e. The predicted molar refractivity (Wildman–Crippen MR) is 65.0 cm³/mol. The summed E-state index contributed by atoms with van der Waals surface area (Å²) in [5.41, 5.74) is 0.796. The third-order valence-electron chi connectivity index (χ3n) is 2.30. The van der Waals surface area contributed by atoms with E-state index in [1.165, 1.54) is 0 Å². The minimum Gasteiger partial charge on any atom is -0.377 e. The van der Waals surface area contributed by atoms with Gasteiger partial charge in [-0.3, -0.25) is 9.97 Å². The Balaban J connectivity index is 2.09. The van der Waals surface area contributed by atoms with Gasteiger partial charge in [0.2, 0.25) is 0 Å². The molecule has 0 atom stereocenters. The van der Waals surface area contributed by atoms with E-state index in [2.05, 4.69) is 35.5 Å². The van der Waals surface area contributed by atoms with Crippen molar-refractivity contribution in [1.82, 2.24) is 14.7 Å². The van der Waals surface area contributed by atoms with Gasteiger partial charge in [0.05, 0.1) is 25.1 Å². The zero-order chi connectivity index (χ0) is 11.6. The molecule has 88 valence electrons. The molecule has 0 aromatic carbocycles. The minimum atomic E-state index is -0.161. The number of ether oxygens (including phenoxy) is 1. The van der Waals surface area contributed by atoms with Crippen molar-refractivity contribution >= 4 is 11.9 Å². The number of aromatic nitrogens is 2. The first-order valence-corrected chi connectivity index (χ1v) is 6.13. The second-order valence-corrected chi connectivity index (χ2v) is 6.62. The van der Waals surface area contributed by atoms with Gasteiger partial charge in [0.1, 0.15) is 5.54 Å². The van der Waals surface area contributed by atoms with E-state index in [1.807, 2.05) is 0 Å². The molecule has 1 aliphatic rings. The lowest BCUT2D eigenvalue weighted by molar-refractivity contribution is -0.0675. The fraction of sp³-hybridized carbons (Fsp3) is 0.636. The summed E-state index contributed by atoms with van der Waals surface area (Å²) in [5, 5.41) is 0. The fourth-order valence-electron chi connectivity index (χ4n) is 1.36. The number of nitrogens with one attached hydrogen (secondary N) is 1. The second kappa shape index (κ2) is 4.31. The number of rotatable bonds is 3. The first-order valence-electron chi connectivity index (χ1n) is 5.31. The lowest BCUT2D eigenvalue weighted by atomic mass is 9.95. The molecule has 0 aliphatic carbocycles. The van der Waals surface area contributed by atoms with Crippen LogP contribution in [0.5, 0.6) is 0 Å². The Morgan fingerprint density at radius 2 is 2.12 bits per heavy atom. The Labute approximate surface area is 100 Å². The van der Waals surface area contributed by atoms with Crippen LogP contribution in [0.2, 0.25) is 0 Å². The van der Waals surface area contributed by atoms with Crippen molar-refractivity contribution in [3.63, 3.8) is 0 Å². The van der Waals surface area contributed by atoms with Crippen LogP contribution in [0.4, 0.5) is 0 Å². The maximum absolute atomic E-state index is 5.31. The SMILES string of the molecule is CC(C)(C)SNC1(c2cnccn2)COC1. The fourth-order valence-corrected chi connectivity index (χ4v) is 2.09. The van der Waals surface area contributed by atoms with Gasteiger partial charge in [-0.2, -0.15) is 0 Å². The van der Waals surface area contributed by atoms with E-state index in [1.54, 1.807) is 30.5 Å². The third kappa shape index (κ3) is 2.53. The Kier molecular flexibility index (Phi) is 3.19. The molecule has 0 unspecified atom stereocenters. The highest BCUT2D eigenvalue weighted by Crippen LogP contribution is 2.33. The van der Waals surface area contributed by atoms with E-state index in [4.69, 9.17) is 4.74 Å². The quantitative estimate of drug-likeness (QED) is 0.814. The van der Waals surface area contributed by atoms with Gasteiger partial charge < -0.3 is 4.74 Å². The van der Waals surface area contributed by atoms with Crippen molar-refractivity contribution in [3.8, 4) is 0 Å². The second-order valence-electron chi connectivity index (χ2n) is 4.98. The Hall–Kier alpha value is -0.650. The van der Waals surface area contributed by atoms with Gasteiger partial charge >= 0.3 is 0 Å². The van der Waals surface area contributed by atoms with Gasteiger partial charge in [0, 0.05) is 17.1 Å². The van der Waals surface area contributed by atoms with Crippen LogP contribution in [0.3, 0.4) is 0 Å². The van der Waals surface area contributed by atoms with E-state index < -0.39 is 0 Å². The summed E-state index contributed by atoms with van der Waals surface area (Å²) in [6, 6.07) is 0. The Bertz CT molecular complexity index is 346. The normalized spacial score (nSPS) is 19.2. The van der Waals surface area contributed by atoms with Crippen LogP contribution in [0.25, 0.3) is 0 Å². The summed E-state index contributed by atoms with van der Waals surface area (Å²) < 4.78 is 8.96. The van der Waals surface area contributed by atoms with E-state index in [0.717, 1.165) is 5.69 Å². The van der Waals surface area contributed by atoms with Crippen LogP contribution in [-0.4, -0.2) is 27.9 Å². The first kappa shape index (κ1) is 11.8. The van der Waals surface area contributed by atoms with Gasteiger partial charge in [-0.05, 0) is 20.8 Å². The van der Waals surface area contributed by atoms with Gasteiger partial charge in [0.25, 0.3) is 0 Å². The number of hydrogen-bond acceptors (Lipinski definition) is 5. The zero-order valence-corrected chi connectivity index (χ0v) is 10.7. The van der Waals surface area contributed by atoms with Crippen LogP contribution in [-0.2, 0) is 10.3 Å². The van der Waals surface area contributed by atoms with Crippen LogP contribution in [0.15, 0.2) is 18.6 Å². The average Bonchev–Trinajstić information content (AvgIpc) is 2.16. The predicted octanol–water partition coefficient (Wildman–Crippen LogP) is 1.74. The largest absolute Gasteiger partial charge is 0.377 e. The molecular weight excluding hydrogens is 222 g/mol.